The van der Waals surface area contributed by atoms with Gasteiger partial charge in [-0.05, 0) is 30.0 Å². The normalized spacial score (nSPS) is 10.9. The first kappa shape index (κ1) is 10.3. The molecule has 1 aromatic carbocycles. The van der Waals surface area contributed by atoms with Gasteiger partial charge in [-0.3, -0.25) is 4.79 Å². The van der Waals surface area contributed by atoms with E-state index in [1.54, 1.807) is 0 Å². The molecule has 0 aliphatic carbocycles. The van der Waals surface area contributed by atoms with Gasteiger partial charge in [0.1, 0.15) is 5.58 Å². The summed E-state index contributed by atoms with van der Waals surface area (Å²) in [5, 5.41) is 2.87. The fourth-order valence-electron chi connectivity index (χ4n) is 1.85. The Morgan fingerprint density at radius 1 is 1.24 bits per heavy atom. The molecule has 0 saturated heterocycles. The van der Waals surface area contributed by atoms with Gasteiger partial charge in [-0.25, -0.2) is 0 Å². The molecule has 0 unspecified atom stereocenters. The molecular formula is C14H10O2S. The molecule has 0 bridgehead atoms. The highest BCUT2D eigenvalue weighted by Crippen LogP contribution is 2.25. The fourth-order valence-corrected chi connectivity index (χ4v) is 2.52. The summed E-state index contributed by atoms with van der Waals surface area (Å²) in [6.07, 6.45) is 0. The van der Waals surface area contributed by atoms with Gasteiger partial charge in [-0.1, -0.05) is 24.3 Å². The molecule has 0 spiro atoms. The lowest BCUT2D eigenvalue weighted by atomic mass is 10.1. The standard InChI is InChI=1S/C14H10O2S/c1-9-4-2-5-10-8-11(16-14(9)10)13(15)12-6-3-7-17-12/h2-8H,1H3. The summed E-state index contributed by atoms with van der Waals surface area (Å²) in [5.41, 5.74) is 1.85. The van der Waals surface area contributed by atoms with Crippen molar-refractivity contribution in [2.75, 3.05) is 0 Å². The van der Waals surface area contributed by atoms with Gasteiger partial charge in [-0.15, -0.1) is 11.3 Å². The predicted molar refractivity (Wildman–Crippen MR) is 68.7 cm³/mol. The number of carbonyl (C=O) groups excluding carboxylic acids is 1. The first-order valence-corrected chi connectivity index (χ1v) is 6.21. The lowest BCUT2D eigenvalue weighted by Crippen LogP contribution is -1.95. The summed E-state index contributed by atoms with van der Waals surface area (Å²) in [6.45, 7) is 1.98. The third-order valence-corrected chi connectivity index (χ3v) is 3.58. The number of hydrogen-bond donors (Lipinski definition) is 0. The van der Waals surface area contributed by atoms with E-state index < -0.39 is 0 Å². The van der Waals surface area contributed by atoms with Crippen LogP contribution < -0.4 is 0 Å². The minimum absolute atomic E-state index is 0.0457. The summed E-state index contributed by atoms with van der Waals surface area (Å²) in [5.74, 6) is 0.368. The Labute approximate surface area is 102 Å². The number of hydrogen-bond acceptors (Lipinski definition) is 3. The van der Waals surface area contributed by atoms with Gasteiger partial charge in [0.2, 0.25) is 5.78 Å². The van der Waals surface area contributed by atoms with Gasteiger partial charge < -0.3 is 4.42 Å². The van der Waals surface area contributed by atoms with Crippen LogP contribution in [0.25, 0.3) is 11.0 Å². The first-order valence-electron chi connectivity index (χ1n) is 5.33. The molecule has 0 fully saturated rings. The van der Waals surface area contributed by atoms with E-state index in [2.05, 4.69) is 0 Å². The molecule has 3 heteroatoms. The van der Waals surface area contributed by atoms with Crippen LogP contribution in [0.3, 0.4) is 0 Å². The van der Waals surface area contributed by atoms with Crippen LogP contribution in [0, 0.1) is 6.92 Å². The second-order valence-electron chi connectivity index (χ2n) is 3.91. The molecule has 84 valence electrons. The van der Waals surface area contributed by atoms with E-state index in [-0.39, 0.29) is 5.78 Å². The smallest absolute Gasteiger partial charge is 0.238 e. The predicted octanol–water partition coefficient (Wildman–Crippen LogP) is 4.03. The van der Waals surface area contributed by atoms with E-state index in [1.807, 2.05) is 48.7 Å². The SMILES string of the molecule is Cc1cccc2cc(C(=O)c3cccs3)oc12. The zero-order chi connectivity index (χ0) is 11.8. The maximum absolute atomic E-state index is 12.1. The van der Waals surface area contributed by atoms with Crippen molar-refractivity contribution in [1.29, 1.82) is 0 Å². The highest BCUT2D eigenvalue weighted by molar-refractivity contribution is 7.12. The molecule has 2 nitrogen and oxygen atoms in total. The van der Waals surface area contributed by atoms with Crippen molar-refractivity contribution >= 4 is 28.1 Å². The lowest BCUT2D eigenvalue weighted by Gasteiger charge is -1.93. The Morgan fingerprint density at radius 3 is 2.82 bits per heavy atom. The number of rotatable bonds is 2. The molecule has 0 aliphatic rings. The molecular weight excluding hydrogens is 232 g/mol. The van der Waals surface area contributed by atoms with E-state index in [9.17, 15) is 4.79 Å². The molecule has 2 aromatic heterocycles. The molecule has 0 aliphatic heterocycles. The van der Waals surface area contributed by atoms with Gasteiger partial charge in [0.05, 0.1) is 4.88 Å². The van der Waals surface area contributed by atoms with E-state index in [4.69, 9.17) is 4.42 Å². The fraction of sp³-hybridized carbons (Fsp3) is 0.0714. The Bertz CT molecular complexity index is 677. The Balaban J connectivity index is 2.13. The van der Waals surface area contributed by atoms with E-state index >= 15 is 0 Å². The summed E-state index contributed by atoms with van der Waals surface area (Å²) in [6, 6.07) is 11.4. The molecule has 0 atom stereocenters. The topological polar surface area (TPSA) is 30.2 Å². The van der Waals surface area contributed by atoms with Gasteiger partial charge in [0.15, 0.2) is 5.76 Å². The van der Waals surface area contributed by atoms with Crippen molar-refractivity contribution in [3.8, 4) is 0 Å². The van der Waals surface area contributed by atoms with Crippen molar-refractivity contribution in [3.63, 3.8) is 0 Å². The van der Waals surface area contributed by atoms with Gasteiger partial charge >= 0.3 is 0 Å². The Hall–Kier alpha value is -1.87. The van der Waals surface area contributed by atoms with Crippen LogP contribution >= 0.6 is 11.3 Å². The number of fused-ring (bicyclic) bond motifs is 1. The van der Waals surface area contributed by atoms with Gasteiger partial charge in [-0.2, -0.15) is 0 Å². The number of aryl methyl sites for hydroxylation is 1. The van der Waals surface area contributed by atoms with Crippen molar-refractivity contribution in [3.05, 3.63) is 58.0 Å². The van der Waals surface area contributed by atoms with Crippen LogP contribution in [0.4, 0.5) is 0 Å². The average Bonchev–Trinajstić information content (AvgIpc) is 2.98. The number of carbonyl (C=O) groups is 1. The van der Waals surface area contributed by atoms with Crippen LogP contribution in [0.2, 0.25) is 0 Å². The molecule has 0 saturated carbocycles. The third-order valence-electron chi connectivity index (χ3n) is 2.71. The molecule has 0 amide bonds. The maximum atomic E-state index is 12.1. The number of benzene rings is 1. The Morgan fingerprint density at radius 2 is 2.12 bits per heavy atom. The monoisotopic (exact) mass is 242 g/mol. The van der Waals surface area contributed by atoms with Gasteiger partial charge in [0.25, 0.3) is 0 Å². The average molecular weight is 242 g/mol. The van der Waals surface area contributed by atoms with Crippen molar-refractivity contribution in [2.24, 2.45) is 0 Å². The zero-order valence-corrected chi connectivity index (χ0v) is 10.1. The summed E-state index contributed by atoms with van der Waals surface area (Å²) >= 11 is 1.43. The quantitative estimate of drug-likeness (QED) is 0.635. The van der Waals surface area contributed by atoms with E-state index in [0.29, 0.717) is 10.6 Å². The molecule has 0 N–H and O–H groups in total. The molecule has 17 heavy (non-hydrogen) atoms. The minimum atomic E-state index is -0.0457. The van der Waals surface area contributed by atoms with E-state index in [1.165, 1.54) is 11.3 Å². The van der Waals surface area contributed by atoms with Crippen LogP contribution in [0.1, 0.15) is 21.0 Å². The minimum Gasteiger partial charge on any atom is -0.452 e. The molecule has 0 radical (unpaired) electrons. The largest absolute Gasteiger partial charge is 0.452 e. The van der Waals surface area contributed by atoms with E-state index in [0.717, 1.165) is 16.5 Å². The summed E-state index contributed by atoms with van der Waals surface area (Å²) in [7, 11) is 0. The number of ketones is 1. The summed E-state index contributed by atoms with van der Waals surface area (Å²) < 4.78 is 5.64. The van der Waals surface area contributed by atoms with Crippen LogP contribution in [-0.4, -0.2) is 5.78 Å². The van der Waals surface area contributed by atoms with Crippen LogP contribution in [0.5, 0.6) is 0 Å². The highest BCUT2D eigenvalue weighted by atomic mass is 32.1. The first-order chi connectivity index (χ1) is 8.25. The molecule has 3 rings (SSSR count). The summed E-state index contributed by atoms with van der Waals surface area (Å²) in [4.78, 5) is 12.8. The van der Waals surface area contributed by atoms with Crippen molar-refractivity contribution < 1.29 is 9.21 Å². The van der Waals surface area contributed by atoms with Crippen molar-refractivity contribution in [2.45, 2.75) is 6.92 Å². The molecule has 2 heterocycles. The highest BCUT2D eigenvalue weighted by Gasteiger charge is 2.15. The number of furan rings is 1. The van der Waals surface area contributed by atoms with Gasteiger partial charge in [0, 0.05) is 5.39 Å². The lowest BCUT2D eigenvalue weighted by molar-refractivity contribution is 0.101. The van der Waals surface area contributed by atoms with Crippen LogP contribution in [-0.2, 0) is 0 Å². The number of thiophene rings is 1. The van der Waals surface area contributed by atoms with Crippen molar-refractivity contribution in [1.82, 2.24) is 0 Å². The van der Waals surface area contributed by atoms with Crippen LogP contribution in [0.15, 0.2) is 46.2 Å². The third kappa shape index (κ3) is 1.68. The second-order valence-corrected chi connectivity index (χ2v) is 4.86. The molecule has 3 aromatic rings. The Kier molecular flexibility index (Phi) is 2.34. The second kappa shape index (κ2) is 3.86. The maximum Gasteiger partial charge on any atom is 0.238 e. The number of para-hydroxylation sites is 1. The zero-order valence-electron chi connectivity index (χ0n) is 9.27.